The largest absolute Gasteiger partial charge is 0.508 e. The Morgan fingerprint density at radius 1 is 1.11 bits per heavy atom. The van der Waals surface area contributed by atoms with Crippen LogP contribution in [0.3, 0.4) is 0 Å². The molecule has 2 nitrogen and oxygen atoms in total. The lowest BCUT2D eigenvalue weighted by molar-refractivity contribution is 0.475. The van der Waals surface area contributed by atoms with Gasteiger partial charge >= 0.3 is 0 Å². The van der Waals surface area contributed by atoms with Crippen molar-refractivity contribution in [1.29, 1.82) is 5.26 Å². The van der Waals surface area contributed by atoms with Gasteiger partial charge in [-0.05, 0) is 48.0 Å². The lowest BCUT2D eigenvalue weighted by Gasteiger charge is -2.01. The minimum atomic E-state index is -0.730. The predicted molar refractivity (Wildman–Crippen MR) is 67.9 cm³/mol. The van der Waals surface area contributed by atoms with E-state index in [1.165, 1.54) is 24.3 Å². The molecule has 2 aromatic rings. The van der Waals surface area contributed by atoms with E-state index in [0.29, 0.717) is 5.56 Å². The van der Waals surface area contributed by atoms with Gasteiger partial charge in [0, 0.05) is 11.6 Å². The molecular weight excluding hydrogens is 248 g/mol. The van der Waals surface area contributed by atoms with Gasteiger partial charge in [0.15, 0.2) is 0 Å². The summed E-state index contributed by atoms with van der Waals surface area (Å²) in [6.45, 7) is 0. The molecule has 2 rings (SSSR count). The highest BCUT2D eigenvalue weighted by molar-refractivity contribution is 5.89. The zero-order valence-corrected chi connectivity index (χ0v) is 9.77. The number of benzene rings is 2. The zero-order chi connectivity index (χ0) is 13.8. The molecule has 0 saturated heterocycles. The van der Waals surface area contributed by atoms with E-state index in [2.05, 4.69) is 0 Å². The molecule has 0 spiro atoms. The summed E-state index contributed by atoms with van der Waals surface area (Å²) in [5.41, 5.74) is 0.903. The Kier molecular flexibility index (Phi) is 3.58. The number of rotatable bonds is 2. The summed E-state index contributed by atoms with van der Waals surface area (Å²) in [5.74, 6) is -1.32. The molecule has 19 heavy (non-hydrogen) atoms. The van der Waals surface area contributed by atoms with Crippen molar-refractivity contribution in [1.82, 2.24) is 0 Å². The maximum Gasteiger partial charge on any atom is 0.133 e. The van der Waals surface area contributed by atoms with Crippen molar-refractivity contribution in [3.05, 3.63) is 65.2 Å². The Labute approximate surface area is 108 Å². The molecule has 0 aliphatic carbocycles. The molecule has 0 aliphatic heterocycles. The minimum Gasteiger partial charge on any atom is -0.508 e. The highest BCUT2D eigenvalue weighted by Crippen LogP contribution is 2.21. The number of allylic oxidation sites excluding steroid dienone is 1. The van der Waals surface area contributed by atoms with Crippen LogP contribution in [-0.2, 0) is 0 Å². The third-order valence-corrected chi connectivity index (χ3v) is 2.56. The third kappa shape index (κ3) is 2.96. The van der Waals surface area contributed by atoms with E-state index < -0.39 is 11.6 Å². The first kappa shape index (κ1) is 12.8. The molecular formula is C15H9F2NO. The molecule has 0 fully saturated rings. The van der Waals surface area contributed by atoms with Crippen LogP contribution in [0, 0.1) is 23.0 Å². The Balaban J connectivity index is 2.44. The van der Waals surface area contributed by atoms with Crippen LogP contribution < -0.4 is 0 Å². The molecule has 94 valence electrons. The maximum absolute atomic E-state index is 13.5. The molecule has 1 N–H and O–H groups in total. The number of nitrogens with zero attached hydrogens (tertiary/aromatic N) is 1. The Morgan fingerprint density at radius 2 is 1.79 bits per heavy atom. The van der Waals surface area contributed by atoms with Crippen molar-refractivity contribution in [3.63, 3.8) is 0 Å². The van der Waals surface area contributed by atoms with Crippen LogP contribution in [0.4, 0.5) is 8.78 Å². The van der Waals surface area contributed by atoms with Gasteiger partial charge in [-0.3, -0.25) is 0 Å². The van der Waals surface area contributed by atoms with Crippen LogP contribution >= 0.6 is 0 Å². The van der Waals surface area contributed by atoms with Crippen LogP contribution in [0.15, 0.2) is 42.5 Å². The van der Waals surface area contributed by atoms with Crippen molar-refractivity contribution >= 4 is 11.6 Å². The van der Waals surface area contributed by atoms with Crippen molar-refractivity contribution in [2.45, 2.75) is 0 Å². The first-order valence-corrected chi connectivity index (χ1v) is 5.46. The molecule has 0 aliphatic rings. The summed E-state index contributed by atoms with van der Waals surface area (Å²) in [6, 6.07) is 11.1. The van der Waals surface area contributed by atoms with Gasteiger partial charge in [-0.15, -0.1) is 0 Å². The molecule has 0 bridgehead atoms. The number of phenolic OH excluding ortho intramolecular Hbond substituents is 1. The van der Waals surface area contributed by atoms with Gasteiger partial charge in [-0.1, -0.05) is 0 Å². The molecule has 4 heteroatoms. The quantitative estimate of drug-likeness (QED) is 0.658. The highest BCUT2D eigenvalue weighted by Gasteiger charge is 2.05. The number of hydrogen-bond acceptors (Lipinski definition) is 2. The van der Waals surface area contributed by atoms with E-state index in [-0.39, 0.29) is 16.9 Å². The second kappa shape index (κ2) is 5.32. The average Bonchev–Trinajstić information content (AvgIpc) is 2.39. The summed E-state index contributed by atoms with van der Waals surface area (Å²) in [4.78, 5) is 0. The van der Waals surface area contributed by atoms with Gasteiger partial charge in [-0.25, -0.2) is 8.78 Å². The van der Waals surface area contributed by atoms with Crippen molar-refractivity contribution in [3.8, 4) is 11.8 Å². The number of nitriles is 1. The van der Waals surface area contributed by atoms with Gasteiger partial charge in [0.2, 0.25) is 0 Å². The van der Waals surface area contributed by atoms with E-state index in [1.54, 1.807) is 12.1 Å². The molecule has 0 aromatic heterocycles. The SMILES string of the molecule is N#C/C(=C\c1ccc(F)cc1F)c1ccc(O)cc1. The number of hydrogen-bond donors (Lipinski definition) is 1. The first-order chi connectivity index (χ1) is 9.10. The normalized spacial score (nSPS) is 11.1. The summed E-state index contributed by atoms with van der Waals surface area (Å²) in [7, 11) is 0. The van der Waals surface area contributed by atoms with Crippen LogP contribution in [0.2, 0.25) is 0 Å². The third-order valence-electron chi connectivity index (χ3n) is 2.56. The molecule has 0 heterocycles. The van der Waals surface area contributed by atoms with Crippen LogP contribution in [-0.4, -0.2) is 5.11 Å². The average molecular weight is 257 g/mol. The second-order valence-corrected chi connectivity index (χ2v) is 3.88. The fraction of sp³-hybridized carbons (Fsp3) is 0. The van der Waals surface area contributed by atoms with Gasteiger partial charge in [0.1, 0.15) is 17.4 Å². The van der Waals surface area contributed by atoms with Crippen molar-refractivity contribution < 1.29 is 13.9 Å². The maximum atomic E-state index is 13.5. The standard InChI is InChI=1S/C15H9F2NO/c16-13-4-1-11(15(17)8-13)7-12(9-18)10-2-5-14(19)6-3-10/h1-8,19H/b12-7+. The van der Waals surface area contributed by atoms with Gasteiger partial charge in [0.05, 0.1) is 11.6 Å². The number of phenols is 1. The van der Waals surface area contributed by atoms with Crippen LogP contribution in [0.1, 0.15) is 11.1 Å². The topological polar surface area (TPSA) is 44.0 Å². The van der Waals surface area contributed by atoms with Gasteiger partial charge in [-0.2, -0.15) is 5.26 Å². The van der Waals surface area contributed by atoms with E-state index in [4.69, 9.17) is 5.26 Å². The molecule has 0 unspecified atom stereocenters. The summed E-state index contributed by atoms with van der Waals surface area (Å²) in [5, 5.41) is 18.2. The van der Waals surface area contributed by atoms with Gasteiger partial charge < -0.3 is 5.11 Å². The van der Waals surface area contributed by atoms with E-state index in [1.807, 2.05) is 6.07 Å². The predicted octanol–water partition coefficient (Wildman–Crippen LogP) is 3.73. The molecule has 0 saturated carbocycles. The van der Waals surface area contributed by atoms with E-state index >= 15 is 0 Å². The van der Waals surface area contributed by atoms with E-state index in [9.17, 15) is 13.9 Å². The minimum absolute atomic E-state index is 0.0778. The fourth-order valence-corrected chi connectivity index (χ4v) is 1.60. The summed E-state index contributed by atoms with van der Waals surface area (Å²) >= 11 is 0. The lowest BCUT2D eigenvalue weighted by Crippen LogP contribution is -1.87. The molecule has 0 amide bonds. The monoisotopic (exact) mass is 257 g/mol. The lowest BCUT2D eigenvalue weighted by atomic mass is 10.0. The Bertz CT molecular complexity index is 670. The highest BCUT2D eigenvalue weighted by atomic mass is 19.1. The molecule has 0 atom stereocenters. The number of halogens is 2. The molecule has 0 radical (unpaired) electrons. The Morgan fingerprint density at radius 3 is 2.37 bits per heavy atom. The fourth-order valence-electron chi connectivity index (χ4n) is 1.60. The zero-order valence-electron chi connectivity index (χ0n) is 9.77. The Hall–Kier alpha value is -2.67. The summed E-state index contributed by atoms with van der Waals surface area (Å²) in [6.07, 6.45) is 1.33. The number of aromatic hydroxyl groups is 1. The van der Waals surface area contributed by atoms with Crippen molar-refractivity contribution in [2.75, 3.05) is 0 Å². The second-order valence-electron chi connectivity index (χ2n) is 3.88. The van der Waals surface area contributed by atoms with Gasteiger partial charge in [0.25, 0.3) is 0 Å². The van der Waals surface area contributed by atoms with Crippen LogP contribution in [0.5, 0.6) is 5.75 Å². The summed E-state index contributed by atoms with van der Waals surface area (Å²) < 4.78 is 26.3. The smallest absolute Gasteiger partial charge is 0.133 e. The molecule has 2 aromatic carbocycles. The van der Waals surface area contributed by atoms with E-state index in [0.717, 1.165) is 12.1 Å². The van der Waals surface area contributed by atoms with Crippen molar-refractivity contribution in [2.24, 2.45) is 0 Å². The van der Waals surface area contributed by atoms with Crippen LogP contribution in [0.25, 0.3) is 11.6 Å². The first-order valence-electron chi connectivity index (χ1n) is 5.46.